The second-order valence-electron chi connectivity index (χ2n) is 10.3. The number of halogens is 1. The Labute approximate surface area is 213 Å². The first-order valence-corrected chi connectivity index (χ1v) is 13.0. The van der Waals surface area contributed by atoms with Crippen molar-refractivity contribution < 1.29 is 9.13 Å². The van der Waals surface area contributed by atoms with Crippen LogP contribution in [0.5, 0.6) is 6.01 Å². The van der Waals surface area contributed by atoms with E-state index in [0.29, 0.717) is 38.5 Å². The van der Waals surface area contributed by atoms with Crippen molar-refractivity contribution >= 4 is 11.5 Å². The first kappa shape index (κ1) is 24.7. The summed E-state index contributed by atoms with van der Waals surface area (Å²) in [5.41, 5.74) is 5.96. The standard InChI is InChI=1S/C27H36FN7O/c1-18-5-4-6-25(19(18)2)34-11-8-23-24(16-34)31-27(36-17-22-13-20(28)14-33(22)3)32-26(23)35-12-10-30-21(15-35)7-9-29/h4-6,20-22,30H,7-8,10-17H2,1-3H3/t20-,21?,22+/m1/s1. The first-order chi connectivity index (χ1) is 17.4. The number of nitriles is 1. The summed E-state index contributed by atoms with van der Waals surface area (Å²) in [7, 11) is 1.94. The lowest BCUT2D eigenvalue weighted by Crippen LogP contribution is -2.51. The van der Waals surface area contributed by atoms with E-state index in [9.17, 15) is 9.65 Å². The molecular formula is C27H36FN7O. The molecule has 0 radical (unpaired) electrons. The number of hydrogen-bond acceptors (Lipinski definition) is 8. The zero-order chi connectivity index (χ0) is 25.2. The minimum atomic E-state index is -0.812. The van der Waals surface area contributed by atoms with Crippen LogP contribution in [-0.2, 0) is 13.0 Å². The fourth-order valence-corrected chi connectivity index (χ4v) is 5.64. The molecule has 2 aromatic rings. The number of likely N-dealkylation sites (N-methyl/N-ethyl adjacent to an activating group) is 1. The Morgan fingerprint density at radius 1 is 1.19 bits per heavy atom. The number of rotatable bonds is 6. The number of nitrogens with one attached hydrogen (secondary N) is 1. The molecule has 9 heteroatoms. The lowest BCUT2D eigenvalue weighted by molar-refractivity contribution is 0.187. The molecule has 36 heavy (non-hydrogen) atoms. The lowest BCUT2D eigenvalue weighted by Gasteiger charge is -2.37. The molecule has 3 atom stereocenters. The van der Waals surface area contributed by atoms with Gasteiger partial charge in [0.1, 0.15) is 18.6 Å². The van der Waals surface area contributed by atoms with Gasteiger partial charge in [0, 0.05) is 56.1 Å². The third-order valence-electron chi connectivity index (χ3n) is 7.87. The van der Waals surface area contributed by atoms with E-state index in [-0.39, 0.29) is 12.1 Å². The summed E-state index contributed by atoms with van der Waals surface area (Å²) in [6.45, 7) is 9.07. The molecule has 0 bridgehead atoms. The average molecular weight is 494 g/mol. The molecule has 0 saturated carbocycles. The normalized spacial score (nSPS) is 24.5. The molecule has 1 unspecified atom stereocenters. The van der Waals surface area contributed by atoms with Crippen LogP contribution in [0.4, 0.5) is 15.9 Å². The summed E-state index contributed by atoms with van der Waals surface area (Å²) in [6.07, 6.45) is 0.974. The smallest absolute Gasteiger partial charge is 0.318 e. The summed E-state index contributed by atoms with van der Waals surface area (Å²) in [5, 5.41) is 12.7. The Balaban J connectivity index is 1.44. The van der Waals surface area contributed by atoms with Crippen molar-refractivity contribution in [1.29, 1.82) is 5.26 Å². The van der Waals surface area contributed by atoms with Crippen LogP contribution in [-0.4, -0.2) is 79.5 Å². The van der Waals surface area contributed by atoms with Crippen LogP contribution in [0.2, 0.25) is 0 Å². The maximum Gasteiger partial charge on any atom is 0.318 e. The number of anilines is 2. The predicted octanol–water partition coefficient (Wildman–Crippen LogP) is 2.77. The highest BCUT2D eigenvalue weighted by Gasteiger charge is 2.32. The number of alkyl halides is 1. The van der Waals surface area contributed by atoms with Crippen LogP contribution in [0, 0.1) is 25.2 Å². The monoisotopic (exact) mass is 493 g/mol. The average Bonchev–Trinajstić information content (AvgIpc) is 3.20. The van der Waals surface area contributed by atoms with Crippen molar-refractivity contribution in [3.05, 3.63) is 40.6 Å². The zero-order valence-electron chi connectivity index (χ0n) is 21.5. The Morgan fingerprint density at radius 2 is 2.06 bits per heavy atom. The molecule has 0 amide bonds. The van der Waals surface area contributed by atoms with E-state index in [1.807, 2.05) is 11.9 Å². The topological polar surface area (TPSA) is 80.6 Å². The fourth-order valence-electron chi connectivity index (χ4n) is 5.64. The number of likely N-dealkylation sites (tertiary alicyclic amines) is 1. The number of aromatic nitrogens is 2. The van der Waals surface area contributed by atoms with Gasteiger partial charge in [-0.15, -0.1) is 0 Å². The van der Waals surface area contributed by atoms with E-state index >= 15 is 0 Å². The highest BCUT2D eigenvalue weighted by Crippen LogP contribution is 2.33. The Kier molecular flexibility index (Phi) is 7.26. The van der Waals surface area contributed by atoms with Gasteiger partial charge < -0.3 is 19.9 Å². The van der Waals surface area contributed by atoms with Gasteiger partial charge in [-0.05, 0) is 50.9 Å². The molecule has 1 aromatic carbocycles. The van der Waals surface area contributed by atoms with Gasteiger partial charge in [0.05, 0.1) is 24.7 Å². The van der Waals surface area contributed by atoms with Crippen molar-refractivity contribution in [2.45, 2.75) is 57.9 Å². The molecule has 192 valence electrons. The SMILES string of the molecule is Cc1cccc(N2CCc3c(nc(OC[C@@H]4C[C@@H](F)CN4C)nc3N3CCNC(CC#N)C3)C2)c1C. The van der Waals surface area contributed by atoms with Crippen molar-refractivity contribution in [2.75, 3.05) is 56.2 Å². The molecule has 8 nitrogen and oxygen atoms in total. The van der Waals surface area contributed by atoms with Gasteiger partial charge in [-0.2, -0.15) is 15.2 Å². The number of nitrogens with zero attached hydrogens (tertiary/aromatic N) is 6. The first-order valence-electron chi connectivity index (χ1n) is 13.0. The number of aryl methyl sites for hydroxylation is 1. The molecule has 2 saturated heterocycles. The van der Waals surface area contributed by atoms with Crippen LogP contribution in [0.25, 0.3) is 0 Å². The van der Waals surface area contributed by atoms with Crippen LogP contribution < -0.4 is 19.9 Å². The van der Waals surface area contributed by atoms with Gasteiger partial charge in [0.15, 0.2) is 0 Å². The predicted molar refractivity (Wildman–Crippen MR) is 138 cm³/mol. The third kappa shape index (κ3) is 5.11. The number of hydrogen-bond donors (Lipinski definition) is 1. The van der Waals surface area contributed by atoms with Gasteiger partial charge in [-0.3, -0.25) is 4.90 Å². The summed E-state index contributed by atoms with van der Waals surface area (Å²) >= 11 is 0. The highest BCUT2D eigenvalue weighted by molar-refractivity contribution is 5.59. The van der Waals surface area contributed by atoms with E-state index in [2.05, 4.69) is 53.2 Å². The van der Waals surface area contributed by atoms with Crippen molar-refractivity contribution in [2.24, 2.45) is 0 Å². The molecular weight excluding hydrogens is 457 g/mol. The van der Waals surface area contributed by atoms with Crippen molar-refractivity contribution in [3.8, 4) is 12.1 Å². The van der Waals surface area contributed by atoms with Crippen molar-refractivity contribution in [1.82, 2.24) is 20.2 Å². The van der Waals surface area contributed by atoms with E-state index in [1.54, 1.807) is 0 Å². The van der Waals surface area contributed by atoms with Crippen LogP contribution in [0.3, 0.4) is 0 Å². The number of fused-ring (bicyclic) bond motifs is 1. The van der Waals surface area contributed by atoms with E-state index < -0.39 is 6.17 Å². The third-order valence-corrected chi connectivity index (χ3v) is 7.87. The molecule has 3 aliphatic heterocycles. The minimum Gasteiger partial charge on any atom is -0.462 e. The van der Waals surface area contributed by atoms with E-state index in [0.717, 1.165) is 44.1 Å². The minimum absolute atomic E-state index is 0.0220. The Hall–Kier alpha value is -2.96. The Morgan fingerprint density at radius 3 is 2.83 bits per heavy atom. The van der Waals surface area contributed by atoms with Gasteiger partial charge in [-0.25, -0.2) is 4.39 Å². The lowest BCUT2D eigenvalue weighted by atomic mass is 10.0. The number of benzene rings is 1. The highest BCUT2D eigenvalue weighted by atomic mass is 19.1. The molecule has 2 fully saturated rings. The van der Waals surface area contributed by atoms with Crippen LogP contribution in [0.1, 0.15) is 35.2 Å². The van der Waals surface area contributed by atoms with Crippen LogP contribution in [0.15, 0.2) is 18.2 Å². The quantitative estimate of drug-likeness (QED) is 0.658. The van der Waals surface area contributed by atoms with E-state index in [4.69, 9.17) is 14.7 Å². The summed E-state index contributed by atoms with van der Waals surface area (Å²) in [4.78, 5) is 16.4. The second-order valence-corrected chi connectivity index (χ2v) is 10.3. The maximum absolute atomic E-state index is 13.9. The largest absolute Gasteiger partial charge is 0.462 e. The summed E-state index contributed by atoms with van der Waals surface area (Å²) in [5.74, 6) is 0.920. The van der Waals surface area contributed by atoms with Gasteiger partial charge in [0.2, 0.25) is 0 Å². The summed E-state index contributed by atoms with van der Waals surface area (Å²) < 4.78 is 20.0. The molecule has 0 aliphatic carbocycles. The zero-order valence-corrected chi connectivity index (χ0v) is 21.5. The van der Waals surface area contributed by atoms with Crippen molar-refractivity contribution in [3.63, 3.8) is 0 Å². The Bertz CT molecular complexity index is 1140. The fraction of sp³-hybridized carbons (Fsp3) is 0.593. The molecule has 4 heterocycles. The molecule has 1 aromatic heterocycles. The maximum atomic E-state index is 13.9. The van der Waals surface area contributed by atoms with Crippen LogP contribution >= 0.6 is 0 Å². The van der Waals surface area contributed by atoms with Gasteiger partial charge in [-0.1, -0.05) is 12.1 Å². The molecule has 5 rings (SSSR count). The second kappa shape index (κ2) is 10.6. The molecule has 0 spiro atoms. The van der Waals surface area contributed by atoms with E-state index in [1.165, 1.54) is 22.4 Å². The summed E-state index contributed by atoms with van der Waals surface area (Å²) in [6, 6.07) is 9.22. The number of ether oxygens (including phenoxy) is 1. The number of piperazine rings is 1. The molecule has 1 N–H and O–H groups in total. The van der Waals surface area contributed by atoms with Gasteiger partial charge in [0.25, 0.3) is 0 Å². The van der Waals surface area contributed by atoms with Gasteiger partial charge >= 0.3 is 6.01 Å². The molecule has 3 aliphatic rings.